The first-order valence-electron chi connectivity index (χ1n) is 6.72. The Labute approximate surface area is 115 Å². The second kappa shape index (κ2) is 5.23. The number of nitrogens with one attached hydrogen (secondary N) is 1. The molecule has 0 aromatic heterocycles. The van der Waals surface area contributed by atoms with Gasteiger partial charge in [-0.2, -0.15) is 0 Å². The first-order valence-corrected chi connectivity index (χ1v) is 8.27. The molecule has 1 atom stereocenters. The van der Waals surface area contributed by atoms with Gasteiger partial charge in [0.1, 0.15) is 0 Å². The summed E-state index contributed by atoms with van der Waals surface area (Å²) in [4.78, 5) is 0.163. The predicted octanol–water partition coefficient (Wildman–Crippen LogP) is 2.17. The maximum absolute atomic E-state index is 11.2. The summed E-state index contributed by atoms with van der Waals surface area (Å²) < 4.78 is 22.4. The molecule has 19 heavy (non-hydrogen) atoms. The smallest absolute Gasteiger partial charge is 0.238 e. The average molecular weight is 282 g/mol. The van der Waals surface area contributed by atoms with Crippen molar-refractivity contribution in [2.75, 3.05) is 6.54 Å². The predicted molar refractivity (Wildman–Crippen MR) is 76.2 cm³/mol. The molecule has 1 aromatic rings. The number of nitrogens with two attached hydrogens (primary N) is 1. The van der Waals surface area contributed by atoms with Gasteiger partial charge in [0.05, 0.1) is 4.90 Å². The molecule has 0 spiro atoms. The molecule has 1 aliphatic carbocycles. The summed E-state index contributed by atoms with van der Waals surface area (Å²) in [5.74, 6) is 0. The van der Waals surface area contributed by atoms with Crippen LogP contribution in [0.3, 0.4) is 0 Å². The van der Waals surface area contributed by atoms with Gasteiger partial charge in [0.2, 0.25) is 10.0 Å². The van der Waals surface area contributed by atoms with Gasteiger partial charge in [0, 0.05) is 12.6 Å². The summed E-state index contributed by atoms with van der Waals surface area (Å²) in [6, 6.07) is 7.00. The Morgan fingerprint density at radius 2 is 1.89 bits per heavy atom. The van der Waals surface area contributed by atoms with Crippen molar-refractivity contribution < 1.29 is 8.42 Å². The number of hydrogen-bond donors (Lipinski definition) is 2. The second-order valence-electron chi connectivity index (χ2n) is 5.57. The van der Waals surface area contributed by atoms with Crippen molar-refractivity contribution in [3.8, 4) is 0 Å². The van der Waals surface area contributed by atoms with E-state index in [2.05, 4.69) is 19.2 Å². The normalized spacial score (nSPS) is 19.1. The fraction of sp³-hybridized carbons (Fsp3) is 0.571. The van der Waals surface area contributed by atoms with Crippen LogP contribution in [-0.2, 0) is 10.0 Å². The molecular formula is C14H22N2O2S. The molecule has 1 aliphatic rings. The number of rotatable bonds is 6. The van der Waals surface area contributed by atoms with Crippen LogP contribution in [-0.4, -0.2) is 15.0 Å². The minimum absolute atomic E-state index is 0.163. The SMILES string of the molecule is CCC1(CNC(C)c2ccc(S(N)(=O)=O)cc2)CC1. The Hall–Kier alpha value is -0.910. The van der Waals surface area contributed by atoms with Crippen molar-refractivity contribution in [2.45, 2.75) is 44.0 Å². The van der Waals surface area contributed by atoms with Gasteiger partial charge in [0.15, 0.2) is 0 Å². The van der Waals surface area contributed by atoms with Gasteiger partial charge in [-0.15, -0.1) is 0 Å². The molecule has 0 heterocycles. The third kappa shape index (κ3) is 3.55. The summed E-state index contributed by atoms with van der Waals surface area (Å²) in [5, 5.41) is 8.61. The summed E-state index contributed by atoms with van der Waals surface area (Å²) in [6.45, 7) is 5.36. The van der Waals surface area contributed by atoms with Gasteiger partial charge >= 0.3 is 0 Å². The van der Waals surface area contributed by atoms with Crippen LogP contribution in [0.15, 0.2) is 29.2 Å². The molecule has 0 radical (unpaired) electrons. The monoisotopic (exact) mass is 282 g/mol. The number of benzene rings is 1. The first kappa shape index (κ1) is 14.5. The highest BCUT2D eigenvalue weighted by molar-refractivity contribution is 7.89. The van der Waals surface area contributed by atoms with Gasteiger partial charge < -0.3 is 5.32 Å². The lowest BCUT2D eigenvalue weighted by molar-refractivity contribution is 0.415. The second-order valence-corrected chi connectivity index (χ2v) is 7.13. The Balaban J connectivity index is 1.98. The molecule has 2 rings (SSSR count). The topological polar surface area (TPSA) is 72.2 Å². The molecule has 4 nitrogen and oxygen atoms in total. The molecule has 106 valence electrons. The highest BCUT2D eigenvalue weighted by Crippen LogP contribution is 2.48. The van der Waals surface area contributed by atoms with Crippen molar-refractivity contribution in [1.82, 2.24) is 5.32 Å². The van der Waals surface area contributed by atoms with E-state index in [1.165, 1.54) is 19.3 Å². The lowest BCUT2D eigenvalue weighted by Gasteiger charge is -2.19. The minimum Gasteiger partial charge on any atom is -0.310 e. The van der Waals surface area contributed by atoms with Crippen molar-refractivity contribution >= 4 is 10.0 Å². The van der Waals surface area contributed by atoms with Gasteiger partial charge in [-0.1, -0.05) is 19.1 Å². The van der Waals surface area contributed by atoms with E-state index in [0.29, 0.717) is 5.41 Å². The Kier molecular flexibility index (Phi) is 3.99. The summed E-state index contributed by atoms with van der Waals surface area (Å²) in [5.41, 5.74) is 1.59. The van der Waals surface area contributed by atoms with E-state index in [1.54, 1.807) is 12.1 Å². The van der Waals surface area contributed by atoms with Crippen molar-refractivity contribution in [1.29, 1.82) is 0 Å². The Bertz CT molecular complexity index is 533. The van der Waals surface area contributed by atoms with Gasteiger partial charge in [-0.3, -0.25) is 0 Å². The summed E-state index contributed by atoms with van der Waals surface area (Å²) in [7, 11) is -3.60. The van der Waals surface area contributed by atoms with Gasteiger partial charge in [0.25, 0.3) is 0 Å². The van der Waals surface area contributed by atoms with Crippen LogP contribution in [0, 0.1) is 5.41 Å². The molecule has 0 amide bonds. The molecule has 1 unspecified atom stereocenters. The van der Waals surface area contributed by atoms with Gasteiger partial charge in [-0.05, 0) is 49.3 Å². The lowest BCUT2D eigenvalue weighted by atomic mass is 10.0. The molecular weight excluding hydrogens is 260 g/mol. The zero-order chi connectivity index (χ0) is 14.1. The quantitative estimate of drug-likeness (QED) is 0.840. The minimum atomic E-state index is -3.60. The Morgan fingerprint density at radius 3 is 2.32 bits per heavy atom. The molecule has 0 saturated heterocycles. The van der Waals surface area contributed by atoms with E-state index in [1.807, 2.05) is 12.1 Å². The highest BCUT2D eigenvalue weighted by atomic mass is 32.2. The summed E-state index contributed by atoms with van der Waals surface area (Å²) in [6.07, 6.45) is 3.85. The summed E-state index contributed by atoms with van der Waals surface area (Å²) >= 11 is 0. The van der Waals surface area contributed by atoms with Crippen LogP contribution >= 0.6 is 0 Å². The van der Waals surface area contributed by atoms with Crippen molar-refractivity contribution in [3.63, 3.8) is 0 Å². The van der Waals surface area contributed by atoms with E-state index >= 15 is 0 Å². The van der Waals surface area contributed by atoms with Crippen LogP contribution < -0.4 is 10.5 Å². The fourth-order valence-corrected chi connectivity index (χ4v) is 2.78. The zero-order valence-electron chi connectivity index (χ0n) is 11.5. The molecule has 0 bridgehead atoms. The average Bonchev–Trinajstić information content (AvgIpc) is 3.16. The van der Waals surface area contributed by atoms with Crippen LogP contribution in [0.4, 0.5) is 0 Å². The zero-order valence-corrected chi connectivity index (χ0v) is 12.3. The fourth-order valence-electron chi connectivity index (χ4n) is 2.27. The maximum Gasteiger partial charge on any atom is 0.238 e. The molecule has 5 heteroatoms. The molecule has 1 fully saturated rings. The molecule has 1 aromatic carbocycles. The highest BCUT2D eigenvalue weighted by Gasteiger charge is 2.40. The van der Waals surface area contributed by atoms with E-state index in [-0.39, 0.29) is 10.9 Å². The third-order valence-corrected chi connectivity index (χ3v) is 5.13. The number of primary sulfonamides is 1. The first-order chi connectivity index (χ1) is 8.86. The third-order valence-electron chi connectivity index (χ3n) is 4.20. The van der Waals surface area contributed by atoms with Crippen molar-refractivity contribution in [3.05, 3.63) is 29.8 Å². The van der Waals surface area contributed by atoms with E-state index in [9.17, 15) is 8.42 Å². The van der Waals surface area contributed by atoms with Crippen LogP contribution in [0.25, 0.3) is 0 Å². The molecule has 3 N–H and O–H groups in total. The van der Waals surface area contributed by atoms with Gasteiger partial charge in [-0.25, -0.2) is 13.6 Å². The van der Waals surface area contributed by atoms with E-state index in [0.717, 1.165) is 12.1 Å². The maximum atomic E-state index is 11.2. The molecule has 1 saturated carbocycles. The number of hydrogen-bond acceptors (Lipinski definition) is 3. The van der Waals surface area contributed by atoms with E-state index in [4.69, 9.17) is 5.14 Å². The van der Waals surface area contributed by atoms with Crippen LogP contribution in [0.5, 0.6) is 0 Å². The molecule has 0 aliphatic heterocycles. The van der Waals surface area contributed by atoms with Crippen molar-refractivity contribution in [2.24, 2.45) is 10.6 Å². The van der Waals surface area contributed by atoms with Crippen LogP contribution in [0.2, 0.25) is 0 Å². The standard InChI is InChI=1S/C14H22N2O2S/c1-3-14(8-9-14)10-16-11(2)12-4-6-13(7-5-12)19(15,17)18/h4-7,11,16H,3,8-10H2,1-2H3,(H2,15,17,18). The largest absolute Gasteiger partial charge is 0.310 e. The number of sulfonamides is 1. The van der Waals surface area contributed by atoms with Crippen LogP contribution in [0.1, 0.15) is 44.7 Å². The lowest BCUT2D eigenvalue weighted by Crippen LogP contribution is -2.26. The van der Waals surface area contributed by atoms with E-state index < -0.39 is 10.0 Å². The Morgan fingerprint density at radius 1 is 1.32 bits per heavy atom.